The molecule has 4 heterocycles. The molecule has 5 rings (SSSR count). The van der Waals surface area contributed by atoms with Crippen LogP contribution in [-0.4, -0.2) is 64.8 Å². The number of allylic oxidation sites excluding steroid dienone is 1. The van der Waals surface area contributed by atoms with Crippen LogP contribution in [0.25, 0.3) is 6.08 Å². The molecule has 0 aliphatic carbocycles. The Kier molecular flexibility index (Phi) is 8.57. The average molecular weight is 649 g/mol. The minimum atomic E-state index is -0.853. The van der Waals surface area contributed by atoms with Crippen molar-refractivity contribution < 1.29 is 32.9 Å². The number of ether oxygens (including phenoxy) is 5. The van der Waals surface area contributed by atoms with Crippen molar-refractivity contribution in [3.05, 3.63) is 65.0 Å². The standard InChI is InChI=1S/C28H30BrN3O8S/c1-6-39-27(34)22-15(2)30-28-32(23(22)16-11-19(35-3)24(37-5)20(12-16)36-4)25(33)21(41-28)14-17-13-18(29)26(40-17)31-7-9-38-10-8-31/h11-14,23H,6-10H2,1-5H3/b21-14+/t23-/m1/s1. The summed E-state index contributed by atoms with van der Waals surface area (Å²) in [6, 6.07) is 4.42. The van der Waals surface area contributed by atoms with Crippen molar-refractivity contribution in [1.29, 1.82) is 0 Å². The molecule has 1 saturated heterocycles. The molecule has 0 saturated carbocycles. The van der Waals surface area contributed by atoms with Crippen molar-refractivity contribution in [3.8, 4) is 17.2 Å². The van der Waals surface area contributed by atoms with E-state index in [2.05, 4.69) is 25.8 Å². The molecule has 0 N–H and O–H groups in total. The summed E-state index contributed by atoms with van der Waals surface area (Å²) in [7, 11) is 4.52. The molecule has 0 amide bonds. The third-order valence-electron chi connectivity index (χ3n) is 6.78. The van der Waals surface area contributed by atoms with Crippen molar-refractivity contribution in [2.75, 3.05) is 59.1 Å². The van der Waals surface area contributed by atoms with Gasteiger partial charge >= 0.3 is 5.97 Å². The van der Waals surface area contributed by atoms with Crippen LogP contribution in [0.4, 0.5) is 5.88 Å². The first-order chi connectivity index (χ1) is 19.8. The number of rotatable bonds is 8. The van der Waals surface area contributed by atoms with Gasteiger partial charge in [0, 0.05) is 25.2 Å². The number of benzene rings is 1. The number of halogens is 1. The summed E-state index contributed by atoms with van der Waals surface area (Å²) in [6.07, 6.45) is 1.69. The number of carbonyl (C=O) groups excluding carboxylic acids is 1. The van der Waals surface area contributed by atoms with Crippen LogP contribution in [0.2, 0.25) is 0 Å². The van der Waals surface area contributed by atoms with Crippen molar-refractivity contribution in [2.24, 2.45) is 4.99 Å². The molecule has 0 spiro atoms. The molecule has 2 aliphatic rings. The smallest absolute Gasteiger partial charge is 0.338 e. The molecule has 1 atom stereocenters. The summed E-state index contributed by atoms with van der Waals surface area (Å²) in [6.45, 7) is 6.27. The van der Waals surface area contributed by atoms with Crippen LogP contribution in [0, 0.1) is 0 Å². The summed E-state index contributed by atoms with van der Waals surface area (Å²) < 4.78 is 36.3. The SMILES string of the molecule is CCOC(=O)C1=C(C)N=c2s/c(=C/c3cc(Br)c(N4CCOCC4)o3)c(=O)n2[C@@H]1c1cc(OC)c(OC)c(OC)c1. The minimum Gasteiger partial charge on any atom is -0.493 e. The zero-order chi connectivity index (χ0) is 29.3. The van der Waals surface area contributed by atoms with Crippen LogP contribution in [0.3, 0.4) is 0 Å². The lowest BCUT2D eigenvalue weighted by Gasteiger charge is -2.26. The lowest BCUT2D eigenvalue weighted by Crippen LogP contribution is -2.40. The van der Waals surface area contributed by atoms with Crippen LogP contribution < -0.4 is 34.0 Å². The zero-order valence-corrected chi connectivity index (χ0v) is 25.7. The number of nitrogens with zero attached hydrogens (tertiary/aromatic N) is 3. The highest BCUT2D eigenvalue weighted by atomic mass is 79.9. The Labute approximate surface area is 248 Å². The van der Waals surface area contributed by atoms with Crippen LogP contribution in [0.1, 0.15) is 31.2 Å². The van der Waals surface area contributed by atoms with Gasteiger partial charge in [0.1, 0.15) is 5.76 Å². The molecule has 2 aliphatic heterocycles. The molecule has 0 unspecified atom stereocenters. The van der Waals surface area contributed by atoms with Gasteiger partial charge in [-0.25, -0.2) is 9.79 Å². The van der Waals surface area contributed by atoms with Gasteiger partial charge in [-0.05, 0) is 47.5 Å². The van der Waals surface area contributed by atoms with Gasteiger partial charge in [-0.2, -0.15) is 0 Å². The maximum absolute atomic E-state index is 14.0. The van der Waals surface area contributed by atoms with Gasteiger partial charge in [0.15, 0.2) is 16.3 Å². The highest BCUT2D eigenvalue weighted by Gasteiger charge is 2.35. The molecule has 13 heteroatoms. The second-order valence-corrected chi connectivity index (χ2v) is 11.0. The van der Waals surface area contributed by atoms with E-state index in [9.17, 15) is 9.59 Å². The van der Waals surface area contributed by atoms with Crippen LogP contribution in [0.15, 0.2) is 48.1 Å². The number of esters is 1. The van der Waals surface area contributed by atoms with Gasteiger partial charge in [0.2, 0.25) is 11.6 Å². The molecule has 0 bridgehead atoms. The molecule has 218 valence electrons. The number of hydrogen-bond donors (Lipinski definition) is 0. The van der Waals surface area contributed by atoms with Gasteiger partial charge < -0.3 is 33.0 Å². The first kappa shape index (κ1) is 29.0. The maximum atomic E-state index is 14.0. The second-order valence-electron chi connectivity index (χ2n) is 9.16. The number of hydrogen-bond acceptors (Lipinski definition) is 11. The number of aromatic nitrogens is 1. The van der Waals surface area contributed by atoms with Crippen molar-refractivity contribution >= 4 is 45.2 Å². The van der Waals surface area contributed by atoms with Gasteiger partial charge in [0.25, 0.3) is 5.56 Å². The Bertz CT molecular complexity index is 1660. The Morgan fingerprint density at radius 1 is 1.15 bits per heavy atom. The second kappa shape index (κ2) is 12.1. The van der Waals surface area contributed by atoms with E-state index in [1.54, 1.807) is 32.1 Å². The molecule has 11 nitrogen and oxygen atoms in total. The van der Waals surface area contributed by atoms with Gasteiger partial charge in [-0.3, -0.25) is 9.36 Å². The maximum Gasteiger partial charge on any atom is 0.338 e. The quantitative estimate of drug-likeness (QED) is 0.340. The number of fused-ring (bicyclic) bond motifs is 1. The molecule has 0 radical (unpaired) electrons. The minimum absolute atomic E-state index is 0.168. The fourth-order valence-corrected chi connectivity index (χ4v) is 6.51. The monoisotopic (exact) mass is 647 g/mol. The van der Waals surface area contributed by atoms with Crippen LogP contribution >= 0.6 is 27.3 Å². The number of thiazole rings is 1. The lowest BCUT2D eigenvalue weighted by atomic mass is 9.95. The summed E-state index contributed by atoms with van der Waals surface area (Å²) in [5.41, 5.74) is 0.933. The lowest BCUT2D eigenvalue weighted by molar-refractivity contribution is -0.139. The van der Waals surface area contributed by atoms with Gasteiger partial charge in [-0.1, -0.05) is 11.3 Å². The molecule has 1 aromatic carbocycles. The van der Waals surface area contributed by atoms with E-state index in [4.69, 9.17) is 28.1 Å². The Morgan fingerprint density at radius 2 is 1.83 bits per heavy atom. The molecular weight excluding hydrogens is 618 g/mol. The molecular formula is C28H30BrN3O8S. The predicted octanol–water partition coefficient (Wildman–Crippen LogP) is 3.02. The third kappa shape index (κ3) is 5.41. The number of methoxy groups -OCH3 is 3. The van der Waals surface area contributed by atoms with Crippen molar-refractivity contribution in [3.63, 3.8) is 0 Å². The van der Waals surface area contributed by atoms with E-state index < -0.39 is 12.0 Å². The van der Waals surface area contributed by atoms with Crippen LogP contribution in [0.5, 0.6) is 17.2 Å². The molecule has 3 aromatic rings. The van der Waals surface area contributed by atoms with Crippen molar-refractivity contribution in [1.82, 2.24) is 4.57 Å². The van der Waals surface area contributed by atoms with E-state index in [0.717, 1.165) is 4.47 Å². The summed E-state index contributed by atoms with van der Waals surface area (Å²) >= 11 is 4.79. The third-order valence-corrected chi connectivity index (χ3v) is 8.33. The highest BCUT2D eigenvalue weighted by molar-refractivity contribution is 9.10. The Balaban J connectivity index is 1.68. The normalized spacial score (nSPS) is 17.3. The number of anilines is 1. The first-order valence-corrected chi connectivity index (χ1v) is 14.5. The average Bonchev–Trinajstić information content (AvgIpc) is 3.49. The Morgan fingerprint density at radius 3 is 2.44 bits per heavy atom. The number of carbonyl (C=O) groups is 1. The van der Waals surface area contributed by atoms with Gasteiger partial charge in [0.05, 0.1) is 67.5 Å². The van der Waals surface area contributed by atoms with E-state index in [1.165, 1.54) is 37.2 Å². The van der Waals surface area contributed by atoms with Gasteiger partial charge in [-0.15, -0.1) is 0 Å². The first-order valence-electron chi connectivity index (χ1n) is 12.9. The fraction of sp³-hybridized carbons (Fsp3) is 0.393. The summed E-state index contributed by atoms with van der Waals surface area (Å²) in [5, 5.41) is 0. The fourth-order valence-electron chi connectivity index (χ4n) is 4.93. The summed E-state index contributed by atoms with van der Waals surface area (Å²) in [4.78, 5) is 34.4. The van der Waals surface area contributed by atoms with E-state index in [1.807, 2.05) is 6.07 Å². The van der Waals surface area contributed by atoms with Crippen molar-refractivity contribution in [2.45, 2.75) is 19.9 Å². The molecule has 2 aromatic heterocycles. The Hall–Kier alpha value is -3.55. The highest BCUT2D eigenvalue weighted by Crippen LogP contribution is 2.42. The number of morpholine rings is 1. The van der Waals surface area contributed by atoms with E-state index in [-0.39, 0.29) is 17.7 Å². The van der Waals surface area contributed by atoms with E-state index >= 15 is 0 Å². The molecule has 1 fully saturated rings. The summed E-state index contributed by atoms with van der Waals surface area (Å²) in [5.74, 6) is 1.80. The number of furan rings is 1. The van der Waals surface area contributed by atoms with Crippen LogP contribution in [-0.2, 0) is 14.3 Å². The molecule has 41 heavy (non-hydrogen) atoms. The van der Waals surface area contributed by atoms with E-state index in [0.29, 0.717) is 75.8 Å². The topological polar surface area (TPSA) is 114 Å². The zero-order valence-electron chi connectivity index (χ0n) is 23.3. The predicted molar refractivity (Wildman–Crippen MR) is 156 cm³/mol. The largest absolute Gasteiger partial charge is 0.493 e.